The molecule has 3 saturated carbocycles. The lowest BCUT2D eigenvalue weighted by atomic mass is 9.46. The van der Waals surface area contributed by atoms with Gasteiger partial charge in [0, 0.05) is 72.4 Å². The number of carboxylic acid groups (broad SMARTS) is 1. The first-order chi connectivity index (χ1) is 31.9. The van der Waals surface area contributed by atoms with Crippen LogP contribution >= 0.6 is 0 Å². The van der Waals surface area contributed by atoms with Crippen LogP contribution in [0.25, 0.3) is 0 Å². The Labute approximate surface area is 387 Å². The predicted octanol–water partition coefficient (Wildman–Crippen LogP) is 1.23. The Bertz CT molecular complexity index is 2340. The van der Waals surface area contributed by atoms with Crippen molar-refractivity contribution in [1.82, 2.24) is 20.4 Å². The van der Waals surface area contributed by atoms with E-state index in [2.05, 4.69) is 17.6 Å². The van der Waals surface area contributed by atoms with Crippen molar-refractivity contribution in [3.05, 3.63) is 71.3 Å². The number of carbonyl (C=O) groups excluding carboxylic acids is 7. The summed E-state index contributed by atoms with van der Waals surface area (Å²) in [5.74, 6) is -4.52. The minimum atomic E-state index is -1.46. The summed E-state index contributed by atoms with van der Waals surface area (Å²) >= 11 is 0. The molecule has 0 radical (unpaired) electrons. The van der Waals surface area contributed by atoms with Crippen LogP contribution in [0.1, 0.15) is 82.6 Å². The minimum Gasteiger partial charge on any atom is -0.481 e. The number of likely N-dealkylation sites (tertiary alicyclic amines) is 1. The monoisotopic (exact) mass is 926 g/mol. The van der Waals surface area contributed by atoms with Gasteiger partial charge < -0.3 is 45.1 Å². The lowest BCUT2D eigenvalue weighted by Gasteiger charge is -2.59. The lowest BCUT2D eigenvalue weighted by Crippen LogP contribution is -2.63. The average Bonchev–Trinajstić information content (AvgIpc) is 4.03. The molecule has 4 heterocycles. The number of aliphatic hydroxyl groups is 2. The van der Waals surface area contributed by atoms with Gasteiger partial charge in [-0.05, 0) is 74.5 Å². The number of hydrogen-bond acceptors (Lipinski definition) is 13. The molecular weight excluding hydrogens is 869 g/mol. The molecule has 1 spiro atoms. The van der Waals surface area contributed by atoms with E-state index >= 15 is 0 Å². The molecule has 1 unspecified atom stereocenters. The third-order valence-corrected chi connectivity index (χ3v) is 16.3. The molecule has 0 aromatic heterocycles. The minimum absolute atomic E-state index is 0.0187. The molecule has 18 nitrogen and oxygen atoms in total. The van der Waals surface area contributed by atoms with Crippen LogP contribution in [-0.2, 0) is 59.0 Å². The second-order valence-electron chi connectivity index (χ2n) is 20.4. The van der Waals surface area contributed by atoms with Gasteiger partial charge in [0.15, 0.2) is 23.5 Å². The molecule has 4 aliphatic heterocycles. The molecule has 5 N–H and O–H groups in total. The maximum absolute atomic E-state index is 14.0. The van der Waals surface area contributed by atoms with Crippen LogP contribution in [-0.4, -0.2) is 142 Å². The Morgan fingerprint density at radius 1 is 0.955 bits per heavy atom. The van der Waals surface area contributed by atoms with E-state index in [9.17, 15) is 53.7 Å². The molecule has 5 amide bonds. The molecule has 3 saturated heterocycles. The highest BCUT2D eigenvalue weighted by Crippen LogP contribution is 2.70. The third kappa shape index (κ3) is 8.17. The molecule has 1 aromatic carbocycles. The van der Waals surface area contributed by atoms with Crippen molar-refractivity contribution in [2.45, 2.75) is 108 Å². The van der Waals surface area contributed by atoms with Gasteiger partial charge in [-0.3, -0.25) is 43.3 Å². The van der Waals surface area contributed by atoms with Crippen LogP contribution < -0.4 is 10.6 Å². The van der Waals surface area contributed by atoms with E-state index in [0.29, 0.717) is 44.5 Å². The number of nitrogens with zero attached hydrogens (tertiary/aromatic N) is 2. The van der Waals surface area contributed by atoms with Crippen molar-refractivity contribution < 1.29 is 67.9 Å². The fraction of sp³-hybridized carbons (Fsp3) is 0.592. The molecule has 9 rings (SSSR count). The number of rotatable bonds is 15. The Morgan fingerprint density at radius 3 is 2.39 bits per heavy atom. The summed E-state index contributed by atoms with van der Waals surface area (Å²) in [6.07, 6.45) is 7.87. The van der Waals surface area contributed by atoms with E-state index in [1.54, 1.807) is 17.1 Å². The molecule has 18 heteroatoms. The van der Waals surface area contributed by atoms with Gasteiger partial charge in [-0.25, -0.2) is 0 Å². The fourth-order valence-corrected chi connectivity index (χ4v) is 13.2. The van der Waals surface area contributed by atoms with Crippen LogP contribution in [0.2, 0.25) is 0 Å². The molecule has 0 bridgehead atoms. The van der Waals surface area contributed by atoms with E-state index in [1.165, 1.54) is 0 Å². The first-order valence-corrected chi connectivity index (χ1v) is 23.3. The van der Waals surface area contributed by atoms with E-state index in [4.69, 9.17) is 14.2 Å². The second kappa shape index (κ2) is 17.6. The van der Waals surface area contributed by atoms with Gasteiger partial charge >= 0.3 is 5.97 Å². The van der Waals surface area contributed by atoms with Crippen LogP contribution in [0.3, 0.4) is 0 Å². The third-order valence-electron chi connectivity index (χ3n) is 16.3. The van der Waals surface area contributed by atoms with Crippen molar-refractivity contribution in [2.24, 2.45) is 34.0 Å². The number of aliphatic hydroxyl groups excluding tert-OH is 2. The van der Waals surface area contributed by atoms with E-state index in [0.717, 1.165) is 41.0 Å². The number of allylic oxidation sites excluding steroid dienone is 4. The van der Waals surface area contributed by atoms with Crippen LogP contribution in [0.15, 0.2) is 60.2 Å². The van der Waals surface area contributed by atoms with Crippen molar-refractivity contribution in [2.75, 3.05) is 39.4 Å². The number of ketones is 2. The largest absolute Gasteiger partial charge is 0.481 e. The highest BCUT2D eigenvalue weighted by Gasteiger charge is 2.76. The molecule has 11 atom stereocenters. The standard InChI is InChI=1S/C49H58N4O14/c1-46-15-13-30(55)18-29(46)7-8-32-33-19-37-49(36(57)23-54,47(33,2)21-35(56)43(32)46)67-45(66-37)28-5-3-27(4-6-28)17-31-20-48(26-65-31)24-52(25-48)44(64)34(9-12-42(62)63)51-39(59)22-50-38(58)14-16-53-40(60)10-11-41(53)61/h3-6,10-11,13,15,18,31-35,37,43,45,54,56H,7-9,12,14,16-17,19-26H2,1-2H3,(H,50,58)(H,51,59)(H,62,63)/t31?,32-,33-,34-,35-,37+,43+,45+,46-,47-,49+/m0/s1. The summed E-state index contributed by atoms with van der Waals surface area (Å²) in [5.41, 5.74) is -0.310. The second-order valence-corrected chi connectivity index (χ2v) is 20.4. The first kappa shape index (κ1) is 46.7. The van der Waals surface area contributed by atoms with Gasteiger partial charge in [-0.2, -0.15) is 0 Å². The number of carbonyl (C=O) groups is 8. The lowest BCUT2D eigenvalue weighted by molar-refractivity contribution is -0.201. The van der Waals surface area contributed by atoms with Crippen molar-refractivity contribution in [3.63, 3.8) is 0 Å². The Balaban J connectivity index is 0.779. The Kier molecular flexibility index (Phi) is 12.3. The number of fused-ring (bicyclic) bond motifs is 7. The number of carboxylic acids is 1. The van der Waals surface area contributed by atoms with E-state index in [-0.39, 0.29) is 67.3 Å². The van der Waals surface area contributed by atoms with E-state index < -0.39 is 95.4 Å². The Hall–Kier alpha value is -5.40. The highest BCUT2D eigenvalue weighted by atomic mass is 16.7. The zero-order valence-corrected chi connectivity index (χ0v) is 37.6. The number of aliphatic carboxylic acids is 1. The normalized spacial score (nSPS) is 34.8. The predicted molar refractivity (Wildman–Crippen MR) is 233 cm³/mol. The molecule has 67 heavy (non-hydrogen) atoms. The van der Waals surface area contributed by atoms with Gasteiger partial charge in [0.25, 0.3) is 11.8 Å². The van der Waals surface area contributed by atoms with Crippen LogP contribution in [0.5, 0.6) is 0 Å². The van der Waals surface area contributed by atoms with Gasteiger partial charge in [0.2, 0.25) is 17.7 Å². The summed E-state index contributed by atoms with van der Waals surface area (Å²) < 4.78 is 19.6. The first-order valence-electron chi connectivity index (χ1n) is 23.3. The van der Waals surface area contributed by atoms with Crippen LogP contribution in [0.4, 0.5) is 0 Å². The average molecular weight is 927 g/mol. The van der Waals surface area contributed by atoms with Gasteiger partial charge in [-0.1, -0.05) is 49.8 Å². The number of benzene rings is 1. The molecule has 358 valence electrons. The maximum atomic E-state index is 14.0. The summed E-state index contributed by atoms with van der Waals surface area (Å²) in [7, 11) is 0. The molecule has 6 fully saturated rings. The number of imide groups is 1. The Morgan fingerprint density at radius 2 is 1.69 bits per heavy atom. The fourth-order valence-electron chi connectivity index (χ4n) is 13.2. The van der Waals surface area contributed by atoms with Crippen LogP contribution in [0, 0.1) is 34.0 Å². The smallest absolute Gasteiger partial charge is 0.303 e. The van der Waals surface area contributed by atoms with Crippen molar-refractivity contribution in [1.29, 1.82) is 0 Å². The number of Topliss-reactive ketones (excluding diaryl/α,β-unsaturated/α-hetero) is 1. The summed E-state index contributed by atoms with van der Waals surface area (Å²) in [5, 5.41) is 36.6. The zero-order chi connectivity index (χ0) is 47.6. The van der Waals surface area contributed by atoms with Crippen molar-refractivity contribution in [3.8, 4) is 0 Å². The topological polar surface area (TPSA) is 255 Å². The van der Waals surface area contributed by atoms with Gasteiger partial charge in [0.05, 0.1) is 31.5 Å². The summed E-state index contributed by atoms with van der Waals surface area (Å²) in [6, 6.07) is 6.59. The van der Waals surface area contributed by atoms with E-state index in [1.807, 2.05) is 37.3 Å². The SMILES string of the molecule is C[C@]12C=CC(=O)C=C1CC[C@@H]1[C@@H]2[C@@H](O)C[C@@]2(C)[C@H]1C[C@H]1O[C@@H](c3ccc(CC4CC5(CO4)CN(C(=O)[C@H](CCC(=O)O)NC(=O)CNC(=O)CCN4C(=O)C=CC4=O)C5)cc3)O[C@]12C(=O)CO. The molecule has 8 aliphatic rings. The number of nitrogens with one attached hydrogen (secondary N) is 2. The quantitative estimate of drug-likeness (QED) is 0.155. The number of hydrogen-bond donors (Lipinski definition) is 5. The zero-order valence-electron chi connectivity index (χ0n) is 37.6. The summed E-state index contributed by atoms with van der Waals surface area (Å²) in [6.45, 7) is 3.87. The number of ether oxygens (including phenoxy) is 3. The van der Waals surface area contributed by atoms with Gasteiger partial charge in [0.1, 0.15) is 12.6 Å². The number of amides is 5. The molecule has 4 aliphatic carbocycles. The highest BCUT2D eigenvalue weighted by molar-refractivity contribution is 6.13. The van der Waals surface area contributed by atoms with Crippen molar-refractivity contribution >= 4 is 47.1 Å². The van der Waals surface area contributed by atoms with Gasteiger partial charge in [-0.15, -0.1) is 0 Å². The molecular formula is C49H58N4O14. The maximum Gasteiger partial charge on any atom is 0.303 e. The molecule has 1 aromatic rings. The summed E-state index contributed by atoms with van der Waals surface area (Å²) in [4.78, 5) is 102.